The summed E-state index contributed by atoms with van der Waals surface area (Å²) in [4.78, 5) is 16.8. The first kappa shape index (κ1) is 20.7. The lowest BCUT2D eigenvalue weighted by Crippen LogP contribution is -2.20. The van der Waals surface area contributed by atoms with E-state index in [2.05, 4.69) is 48.8 Å². The average molecular weight is 579 g/mol. The highest BCUT2D eigenvalue weighted by molar-refractivity contribution is 14.1. The van der Waals surface area contributed by atoms with Gasteiger partial charge in [-0.1, -0.05) is 0 Å². The number of carbonyl (C=O) groups excluding carboxylic acids is 1. The number of nitrogens with one attached hydrogen (secondary N) is 1. The quantitative estimate of drug-likeness (QED) is 0.289. The number of hydrogen-bond donors (Lipinski definition) is 1. The van der Waals surface area contributed by atoms with E-state index in [4.69, 9.17) is 13.9 Å². The van der Waals surface area contributed by atoms with Crippen LogP contribution in [0.1, 0.15) is 0 Å². The molecule has 1 N–H and O–H groups in total. The van der Waals surface area contributed by atoms with Gasteiger partial charge in [0.15, 0.2) is 12.2 Å². The molecule has 1 amide bonds. The van der Waals surface area contributed by atoms with Gasteiger partial charge in [0.25, 0.3) is 5.91 Å². The van der Waals surface area contributed by atoms with Crippen LogP contribution in [0.15, 0.2) is 69.6 Å². The number of fused-ring (bicyclic) bond motifs is 1. The Balaban J connectivity index is 1.45. The monoisotopic (exact) mass is 578 g/mol. The maximum atomic E-state index is 12.2. The lowest BCUT2D eigenvalue weighted by molar-refractivity contribution is -0.118. The number of nitrogens with zero attached hydrogens (tertiary/aromatic N) is 1. The minimum Gasteiger partial charge on any atom is -0.497 e. The van der Waals surface area contributed by atoms with Gasteiger partial charge in [-0.05, 0) is 99.2 Å². The fourth-order valence-corrected chi connectivity index (χ4v) is 3.71. The molecule has 0 aliphatic heterocycles. The highest BCUT2D eigenvalue weighted by atomic mass is 127. The summed E-state index contributed by atoms with van der Waals surface area (Å²) in [6.07, 6.45) is 0. The molecule has 4 rings (SSSR count). The van der Waals surface area contributed by atoms with Gasteiger partial charge in [-0.25, -0.2) is 4.98 Å². The molecule has 0 fully saturated rings. The topological polar surface area (TPSA) is 73.6 Å². The molecule has 0 aliphatic carbocycles. The third-order valence-corrected chi connectivity index (χ3v) is 5.62. The summed E-state index contributed by atoms with van der Waals surface area (Å²) in [6.45, 7) is -0.107. The minimum atomic E-state index is -0.269. The van der Waals surface area contributed by atoms with Gasteiger partial charge < -0.3 is 19.2 Å². The van der Waals surface area contributed by atoms with Crippen LogP contribution < -0.4 is 14.8 Å². The van der Waals surface area contributed by atoms with Crippen LogP contribution in [0.3, 0.4) is 0 Å². The van der Waals surface area contributed by atoms with Crippen molar-refractivity contribution in [1.29, 1.82) is 0 Å². The van der Waals surface area contributed by atoms with Crippen LogP contribution in [-0.4, -0.2) is 24.6 Å². The van der Waals surface area contributed by atoms with E-state index in [1.54, 1.807) is 49.6 Å². The summed E-state index contributed by atoms with van der Waals surface area (Å²) in [5.41, 5.74) is 2.79. The normalized spacial score (nSPS) is 10.8. The van der Waals surface area contributed by atoms with Crippen molar-refractivity contribution in [2.45, 2.75) is 0 Å². The summed E-state index contributed by atoms with van der Waals surface area (Å²) in [5.74, 6) is 1.56. The number of amides is 1. The maximum Gasteiger partial charge on any atom is 0.262 e. The predicted octanol–water partition coefficient (Wildman–Crippen LogP) is 5.89. The molecule has 0 saturated heterocycles. The summed E-state index contributed by atoms with van der Waals surface area (Å²) in [6, 6.07) is 18.3. The largest absolute Gasteiger partial charge is 0.497 e. The number of methoxy groups -OCH3 is 1. The van der Waals surface area contributed by atoms with Gasteiger partial charge in [-0.3, -0.25) is 4.79 Å². The number of carbonyl (C=O) groups is 1. The Kier molecular flexibility index (Phi) is 6.24. The second-order valence-corrected chi connectivity index (χ2v) is 8.44. The van der Waals surface area contributed by atoms with E-state index in [0.717, 1.165) is 19.4 Å². The molecule has 0 bridgehead atoms. The smallest absolute Gasteiger partial charge is 0.262 e. The molecule has 1 aromatic heterocycles. The second kappa shape index (κ2) is 9.05. The number of benzene rings is 3. The van der Waals surface area contributed by atoms with Gasteiger partial charge in [0.1, 0.15) is 17.0 Å². The van der Waals surface area contributed by atoms with E-state index < -0.39 is 0 Å². The lowest BCUT2D eigenvalue weighted by Gasteiger charge is -2.08. The van der Waals surface area contributed by atoms with Crippen LogP contribution >= 0.6 is 38.5 Å². The molecule has 0 atom stereocenters. The zero-order valence-electron chi connectivity index (χ0n) is 15.8. The summed E-state index contributed by atoms with van der Waals surface area (Å²) in [7, 11) is 1.59. The number of hydrogen-bond acceptors (Lipinski definition) is 5. The summed E-state index contributed by atoms with van der Waals surface area (Å²) >= 11 is 5.78. The van der Waals surface area contributed by atoms with Crippen LogP contribution in [0.5, 0.6) is 11.5 Å². The Morgan fingerprint density at radius 1 is 1.10 bits per heavy atom. The van der Waals surface area contributed by atoms with Crippen molar-refractivity contribution in [2.75, 3.05) is 19.0 Å². The first-order valence-corrected chi connectivity index (χ1v) is 10.8. The highest BCUT2D eigenvalue weighted by Crippen LogP contribution is 2.32. The van der Waals surface area contributed by atoms with Crippen molar-refractivity contribution >= 4 is 61.2 Å². The third-order valence-electron chi connectivity index (χ3n) is 4.26. The van der Waals surface area contributed by atoms with E-state index in [9.17, 15) is 4.79 Å². The molecule has 3 aromatic carbocycles. The van der Waals surface area contributed by atoms with Crippen LogP contribution in [0.4, 0.5) is 5.69 Å². The van der Waals surface area contributed by atoms with E-state index in [1.165, 1.54) is 0 Å². The number of oxazole rings is 1. The lowest BCUT2D eigenvalue weighted by atomic mass is 10.2. The van der Waals surface area contributed by atoms with Gasteiger partial charge in [0, 0.05) is 13.7 Å². The fraction of sp³-hybridized carbons (Fsp3) is 0.0909. The van der Waals surface area contributed by atoms with Gasteiger partial charge >= 0.3 is 0 Å². The zero-order chi connectivity index (χ0) is 21.1. The van der Waals surface area contributed by atoms with E-state index >= 15 is 0 Å². The molecule has 6 nitrogen and oxygen atoms in total. The number of anilines is 1. The Labute approximate surface area is 194 Å². The first-order valence-electron chi connectivity index (χ1n) is 8.94. The molecule has 4 aromatic rings. The maximum absolute atomic E-state index is 12.2. The average Bonchev–Trinajstić information content (AvgIpc) is 3.17. The molecule has 1 heterocycles. The zero-order valence-corrected chi connectivity index (χ0v) is 19.6. The van der Waals surface area contributed by atoms with Crippen molar-refractivity contribution in [3.63, 3.8) is 0 Å². The van der Waals surface area contributed by atoms with Gasteiger partial charge in [-0.2, -0.15) is 0 Å². The molecule has 8 heteroatoms. The minimum absolute atomic E-state index is 0.107. The second-order valence-electron chi connectivity index (χ2n) is 6.34. The molecule has 0 unspecified atom stereocenters. The van der Waals surface area contributed by atoms with Gasteiger partial charge in [-0.15, -0.1) is 0 Å². The molecular weight excluding hydrogens is 563 g/mol. The molecule has 152 valence electrons. The van der Waals surface area contributed by atoms with Gasteiger partial charge in [0.2, 0.25) is 5.89 Å². The van der Waals surface area contributed by atoms with Crippen LogP contribution in [0, 0.1) is 3.57 Å². The fourth-order valence-electron chi connectivity index (χ4n) is 2.80. The SMILES string of the molecule is COc1ccc(OCC(=O)Nc2ccc3oc(-c4cc(I)ccc4Br)nc3c2)cc1. The molecular formula is C22H16BrIN2O4. The van der Waals surface area contributed by atoms with Gasteiger partial charge in [0.05, 0.1) is 12.7 Å². The van der Waals surface area contributed by atoms with Crippen molar-refractivity contribution in [3.8, 4) is 23.0 Å². The standard InChI is InChI=1S/C22H16BrIN2O4/c1-28-15-4-6-16(7-5-15)29-12-21(27)25-14-3-9-20-19(11-14)26-22(30-20)17-10-13(24)2-8-18(17)23/h2-11H,12H2,1H3,(H,25,27). The number of aromatic nitrogens is 1. The van der Waals surface area contributed by atoms with Crippen LogP contribution in [-0.2, 0) is 4.79 Å². The molecule has 0 radical (unpaired) electrons. The van der Waals surface area contributed by atoms with Crippen LogP contribution in [0.2, 0.25) is 0 Å². The number of rotatable bonds is 6. The Hall–Kier alpha value is -2.59. The number of halogens is 2. The molecule has 0 aliphatic rings. The van der Waals surface area contributed by atoms with E-state index in [0.29, 0.717) is 28.4 Å². The molecule has 30 heavy (non-hydrogen) atoms. The Morgan fingerprint density at radius 3 is 2.63 bits per heavy atom. The third kappa shape index (κ3) is 4.76. The highest BCUT2D eigenvalue weighted by Gasteiger charge is 2.13. The van der Waals surface area contributed by atoms with E-state index in [1.807, 2.05) is 18.2 Å². The molecule has 0 saturated carbocycles. The summed E-state index contributed by atoms with van der Waals surface area (Å²) in [5, 5.41) is 2.82. The molecule has 0 spiro atoms. The van der Waals surface area contributed by atoms with E-state index in [-0.39, 0.29) is 12.5 Å². The van der Waals surface area contributed by atoms with Crippen molar-refractivity contribution in [2.24, 2.45) is 0 Å². The Bertz CT molecular complexity index is 1210. The Morgan fingerprint density at radius 2 is 1.87 bits per heavy atom. The van der Waals surface area contributed by atoms with Crippen molar-refractivity contribution in [1.82, 2.24) is 4.98 Å². The van der Waals surface area contributed by atoms with Crippen molar-refractivity contribution < 1.29 is 18.7 Å². The van der Waals surface area contributed by atoms with Crippen LogP contribution in [0.25, 0.3) is 22.6 Å². The first-order chi connectivity index (χ1) is 14.5. The summed E-state index contributed by atoms with van der Waals surface area (Å²) < 4.78 is 18.5. The van der Waals surface area contributed by atoms with Crippen molar-refractivity contribution in [3.05, 3.63) is 68.7 Å². The number of ether oxygens (including phenoxy) is 2. The predicted molar refractivity (Wildman–Crippen MR) is 127 cm³/mol.